The Kier molecular flexibility index (Phi) is 5.87. The van der Waals surface area contributed by atoms with Crippen LogP contribution in [-0.4, -0.2) is 40.9 Å². The van der Waals surface area contributed by atoms with Gasteiger partial charge in [0.2, 0.25) is 0 Å². The molecule has 1 atom stereocenters. The molecule has 3 nitrogen and oxygen atoms in total. The predicted molar refractivity (Wildman–Crippen MR) is 78.0 cm³/mol. The van der Waals surface area contributed by atoms with Crippen LogP contribution in [-0.2, 0) is 6.54 Å². The lowest BCUT2D eigenvalue weighted by molar-refractivity contribution is 0.119. The molecule has 0 spiro atoms. The number of likely N-dealkylation sites (tertiary alicyclic amines) is 1. The predicted octanol–water partition coefficient (Wildman–Crippen LogP) is 1.83. The SMILES string of the molecule is OCC#Cc1csc(CN2CCCCCC2CO)c1. The summed E-state index contributed by atoms with van der Waals surface area (Å²) < 4.78 is 0. The van der Waals surface area contributed by atoms with Crippen molar-refractivity contribution in [1.82, 2.24) is 4.90 Å². The summed E-state index contributed by atoms with van der Waals surface area (Å²) in [5, 5.41) is 20.2. The van der Waals surface area contributed by atoms with E-state index in [1.165, 1.54) is 24.1 Å². The molecule has 4 heteroatoms. The Morgan fingerprint density at radius 2 is 2.21 bits per heavy atom. The first-order valence-electron chi connectivity index (χ1n) is 6.85. The summed E-state index contributed by atoms with van der Waals surface area (Å²) in [6.45, 7) is 2.13. The van der Waals surface area contributed by atoms with E-state index in [1.54, 1.807) is 11.3 Å². The van der Waals surface area contributed by atoms with Gasteiger partial charge in [-0.05, 0) is 25.5 Å². The highest BCUT2D eigenvalue weighted by Gasteiger charge is 2.20. The number of thiophene rings is 1. The highest BCUT2D eigenvalue weighted by atomic mass is 32.1. The molecule has 0 aromatic carbocycles. The highest BCUT2D eigenvalue weighted by molar-refractivity contribution is 7.10. The maximum absolute atomic E-state index is 9.50. The van der Waals surface area contributed by atoms with Crippen molar-refractivity contribution in [2.24, 2.45) is 0 Å². The van der Waals surface area contributed by atoms with E-state index in [4.69, 9.17) is 5.11 Å². The lowest BCUT2D eigenvalue weighted by atomic mass is 10.1. The summed E-state index contributed by atoms with van der Waals surface area (Å²) in [4.78, 5) is 3.67. The number of hydrogen-bond donors (Lipinski definition) is 2. The highest BCUT2D eigenvalue weighted by Crippen LogP contribution is 2.22. The summed E-state index contributed by atoms with van der Waals surface area (Å²) in [7, 11) is 0. The maximum atomic E-state index is 9.50. The van der Waals surface area contributed by atoms with Gasteiger partial charge in [-0.15, -0.1) is 11.3 Å². The Labute approximate surface area is 118 Å². The first kappa shape index (κ1) is 14.5. The third-order valence-corrected chi connectivity index (χ3v) is 4.46. The summed E-state index contributed by atoms with van der Waals surface area (Å²) in [5.41, 5.74) is 0.976. The van der Waals surface area contributed by atoms with Crippen molar-refractivity contribution >= 4 is 11.3 Å². The summed E-state index contributed by atoms with van der Waals surface area (Å²) in [6, 6.07) is 2.39. The fourth-order valence-electron chi connectivity index (χ4n) is 2.52. The van der Waals surface area contributed by atoms with Crippen LogP contribution in [0.2, 0.25) is 0 Å². The molecule has 1 saturated heterocycles. The normalized spacial score (nSPS) is 20.6. The van der Waals surface area contributed by atoms with Gasteiger partial charge >= 0.3 is 0 Å². The number of aliphatic hydroxyl groups is 2. The van der Waals surface area contributed by atoms with E-state index >= 15 is 0 Å². The maximum Gasteiger partial charge on any atom is 0.104 e. The Hall–Kier alpha value is -0.860. The second-order valence-electron chi connectivity index (χ2n) is 4.92. The minimum absolute atomic E-state index is 0.0934. The Morgan fingerprint density at radius 1 is 1.32 bits per heavy atom. The molecule has 104 valence electrons. The topological polar surface area (TPSA) is 43.7 Å². The minimum atomic E-state index is -0.0934. The molecule has 2 heterocycles. The zero-order chi connectivity index (χ0) is 13.5. The quantitative estimate of drug-likeness (QED) is 0.830. The van der Waals surface area contributed by atoms with Crippen LogP contribution in [0.25, 0.3) is 0 Å². The van der Waals surface area contributed by atoms with Crippen LogP contribution in [0.5, 0.6) is 0 Å². The van der Waals surface area contributed by atoms with E-state index in [9.17, 15) is 5.11 Å². The zero-order valence-electron chi connectivity index (χ0n) is 11.1. The molecule has 2 N–H and O–H groups in total. The van der Waals surface area contributed by atoms with E-state index in [1.807, 2.05) is 5.38 Å². The van der Waals surface area contributed by atoms with Crippen molar-refractivity contribution in [3.05, 3.63) is 21.9 Å². The largest absolute Gasteiger partial charge is 0.395 e. The first-order chi connectivity index (χ1) is 9.33. The molecular weight excluding hydrogens is 258 g/mol. The van der Waals surface area contributed by atoms with E-state index in [0.717, 1.165) is 25.1 Å². The summed E-state index contributed by atoms with van der Waals surface area (Å²) in [5.74, 6) is 5.60. The molecule has 1 aromatic heterocycles. The van der Waals surface area contributed by atoms with E-state index in [0.29, 0.717) is 6.04 Å². The lowest BCUT2D eigenvalue weighted by Crippen LogP contribution is -2.36. The average molecular weight is 279 g/mol. The minimum Gasteiger partial charge on any atom is -0.395 e. The number of aliphatic hydroxyl groups excluding tert-OH is 2. The van der Waals surface area contributed by atoms with Gasteiger partial charge in [0.05, 0.1) is 6.61 Å². The van der Waals surface area contributed by atoms with E-state index in [2.05, 4.69) is 22.8 Å². The Bertz CT molecular complexity index is 446. The van der Waals surface area contributed by atoms with Gasteiger partial charge in [-0.1, -0.05) is 24.7 Å². The van der Waals surface area contributed by atoms with E-state index in [-0.39, 0.29) is 13.2 Å². The summed E-state index contributed by atoms with van der Waals surface area (Å²) >= 11 is 1.71. The third-order valence-electron chi connectivity index (χ3n) is 3.53. The van der Waals surface area contributed by atoms with Crippen LogP contribution in [0.15, 0.2) is 11.4 Å². The van der Waals surface area contributed by atoms with Crippen molar-refractivity contribution in [2.45, 2.75) is 38.3 Å². The standard InChI is InChI=1S/C15H21NO2S/c17-8-4-5-13-9-15(19-12-13)10-16-7-3-1-2-6-14(16)11-18/h9,12,14,17-18H,1-3,6-8,10-11H2. The van der Waals surface area contributed by atoms with Crippen molar-refractivity contribution in [1.29, 1.82) is 0 Å². The van der Waals surface area contributed by atoms with Gasteiger partial charge < -0.3 is 10.2 Å². The summed E-state index contributed by atoms with van der Waals surface area (Å²) in [6.07, 6.45) is 4.81. The molecule has 0 aliphatic carbocycles. The lowest BCUT2D eigenvalue weighted by Gasteiger charge is -2.27. The van der Waals surface area contributed by atoms with Gasteiger partial charge in [0.15, 0.2) is 0 Å². The number of nitrogens with zero attached hydrogens (tertiary/aromatic N) is 1. The van der Waals surface area contributed by atoms with Gasteiger partial charge in [0, 0.05) is 28.4 Å². The zero-order valence-corrected chi connectivity index (χ0v) is 12.0. The van der Waals surface area contributed by atoms with Crippen LogP contribution >= 0.6 is 11.3 Å². The molecular formula is C15H21NO2S. The molecule has 19 heavy (non-hydrogen) atoms. The molecule has 1 fully saturated rings. The fraction of sp³-hybridized carbons (Fsp3) is 0.600. The van der Waals surface area contributed by atoms with Crippen LogP contribution < -0.4 is 0 Å². The molecule has 0 bridgehead atoms. The van der Waals surface area contributed by atoms with Gasteiger partial charge in [-0.25, -0.2) is 0 Å². The Balaban J connectivity index is 1.99. The third kappa shape index (κ3) is 4.32. The monoisotopic (exact) mass is 279 g/mol. The molecule has 0 amide bonds. The Morgan fingerprint density at radius 3 is 3.00 bits per heavy atom. The number of rotatable bonds is 3. The molecule has 0 radical (unpaired) electrons. The van der Waals surface area contributed by atoms with Gasteiger partial charge in [-0.3, -0.25) is 4.90 Å². The second-order valence-corrected chi connectivity index (χ2v) is 5.91. The number of hydrogen-bond acceptors (Lipinski definition) is 4. The van der Waals surface area contributed by atoms with Gasteiger partial charge in [-0.2, -0.15) is 0 Å². The van der Waals surface area contributed by atoms with Crippen molar-refractivity contribution in [3.8, 4) is 11.8 Å². The molecule has 2 rings (SSSR count). The smallest absolute Gasteiger partial charge is 0.104 e. The average Bonchev–Trinajstić information content (AvgIpc) is 2.74. The molecule has 1 aromatic rings. The molecule has 1 aliphatic rings. The second kappa shape index (κ2) is 7.66. The van der Waals surface area contributed by atoms with Gasteiger partial charge in [0.25, 0.3) is 0 Å². The van der Waals surface area contributed by atoms with Crippen LogP contribution in [0, 0.1) is 11.8 Å². The van der Waals surface area contributed by atoms with Crippen molar-refractivity contribution < 1.29 is 10.2 Å². The van der Waals surface area contributed by atoms with Crippen LogP contribution in [0.3, 0.4) is 0 Å². The molecule has 1 unspecified atom stereocenters. The van der Waals surface area contributed by atoms with Crippen molar-refractivity contribution in [3.63, 3.8) is 0 Å². The van der Waals surface area contributed by atoms with Crippen LogP contribution in [0.4, 0.5) is 0 Å². The molecule has 1 aliphatic heterocycles. The van der Waals surface area contributed by atoms with Crippen molar-refractivity contribution in [2.75, 3.05) is 19.8 Å². The van der Waals surface area contributed by atoms with Crippen LogP contribution in [0.1, 0.15) is 36.1 Å². The first-order valence-corrected chi connectivity index (χ1v) is 7.73. The molecule has 0 saturated carbocycles. The van der Waals surface area contributed by atoms with E-state index < -0.39 is 0 Å². The van der Waals surface area contributed by atoms with Gasteiger partial charge in [0.1, 0.15) is 6.61 Å². The fourth-order valence-corrected chi connectivity index (χ4v) is 3.36.